The largest absolute Gasteiger partial charge is 0.268 e. The van der Waals surface area contributed by atoms with Crippen LogP contribution in [0.2, 0.25) is 5.02 Å². The molecule has 1 aliphatic rings. The minimum Gasteiger partial charge on any atom is -0.268 e. The van der Waals surface area contributed by atoms with Crippen molar-refractivity contribution in [3.8, 4) is 0 Å². The van der Waals surface area contributed by atoms with Crippen LogP contribution in [0.5, 0.6) is 0 Å². The normalized spacial score (nSPS) is 16.8. The smallest absolute Gasteiger partial charge is 0.264 e. The van der Waals surface area contributed by atoms with E-state index in [0.717, 1.165) is 22.2 Å². The van der Waals surface area contributed by atoms with Crippen LogP contribution in [0, 0.1) is 13.8 Å². The summed E-state index contributed by atoms with van der Waals surface area (Å²) in [5, 5.41) is 1.39. The van der Waals surface area contributed by atoms with Gasteiger partial charge >= 0.3 is 0 Å². The fourth-order valence-electron chi connectivity index (χ4n) is 2.49. The van der Waals surface area contributed by atoms with Crippen molar-refractivity contribution in [3.63, 3.8) is 0 Å². The molecular formula is C19H19ClN2OS. The molecule has 1 heterocycles. The van der Waals surface area contributed by atoms with Gasteiger partial charge in [0.2, 0.25) is 0 Å². The molecule has 3 nitrogen and oxygen atoms in total. The van der Waals surface area contributed by atoms with E-state index in [9.17, 15) is 4.79 Å². The van der Waals surface area contributed by atoms with Crippen LogP contribution in [0.3, 0.4) is 0 Å². The number of amides is 1. The van der Waals surface area contributed by atoms with Gasteiger partial charge in [0.25, 0.3) is 5.91 Å². The first kappa shape index (κ1) is 17.1. The van der Waals surface area contributed by atoms with Gasteiger partial charge in [0.15, 0.2) is 5.17 Å². The molecule has 124 valence electrons. The fourth-order valence-corrected chi connectivity index (χ4v) is 3.65. The highest BCUT2D eigenvalue weighted by atomic mass is 35.5. The van der Waals surface area contributed by atoms with Crippen molar-refractivity contribution in [2.45, 2.75) is 26.8 Å². The average molecular weight is 359 g/mol. The van der Waals surface area contributed by atoms with E-state index in [1.807, 2.05) is 44.2 Å². The fraction of sp³-hybridized carbons (Fsp3) is 0.263. The van der Waals surface area contributed by atoms with Gasteiger partial charge in [-0.3, -0.25) is 14.7 Å². The van der Waals surface area contributed by atoms with Gasteiger partial charge in [-0.15, -0.1) is 0 Å². The summed E-state index contributed by atoms with van der Waals surface area (Å²) in [5.41, 5.74) is 3.72. The molecule has 24 heavy (non-hydrogen) atoms. The first-order chi connectivity index (χ1) is 11.5. The number of hydrogen-bond acceptors (Lipinski definition) is 3. The van der Waals surface area contributed by atoms with E-state index in [4.69, 9.17) is 11.6 Å². The Bertz CT molecular complexity index is 802. The van der Waals surface area contributed by atoms with Crippen LogP contribution in [0.25, 0.3) is 0 Å². The highest BCUT2D eigenvalue weighted by Crippen LogP contribution is 2.28. The van der Waals surface area contributed by atoms with Crippen LogP contribution in [0.15, 0.2) is 47.5 Å². The van der Waals surface area contributed by atoms with Crippen LogP contribution in [-0.2, 0) is 0 Å². The van der Waals surface area contributed by atoms with Crippen molar-refractivity contribution >= 4 is 40.1 Å². The third kappa shape index (κ3) is 3.50. The van der Waals surface area contributed by atoms with Crippen molar-refractivity contribution in [2.24, 2.45) is 4.99 Å². The van der Waals surface area contributed by atoms with E-state index < -0.39 is 0 Å². The van der Waals surface area contributed by atoms with Crippen LogP contribution < -0.4 is 4.90 Å². The maximum absolute atomic E-state index is 13.2. The molecule has 1 aliphatic heterocycles. The van der Waals surface area contributed by atoms with Gasteiger partial charge in [-0.1, -0.05) is 29.4 Å². The maximum Gasteiger partial charge on any atom is 0.264 e. The molecule has 0 radical (unpaired) electrons. The molecule has 3 rings (SSSR count). The van der Waals surface area contributed by atoms with E-state index in [2.05, 4.69) is 11.9 Å². The van der Waals surface area contributed by atoms with Gasteiger partial charge in [-0.25, -0.2) is 0 Å². The highest BCUT2D eigenvalue weighted by Gasteiger charge is 2.27. The molecule has 1 amide bonds. The first-order valence-electron chi connectivity index (χ1n) is 7.83. The van der Waals surface area contributed by atoms with Crippen LogP contribution in [0.1, 0.15) is 28.4 Å². The quantitative estimate of drug-likeness (QED) is 0.748. The number of rotatable bonds is 2. The van der Waals surface area contributed by atoms with Crippen molar-refractivity contribution in [3.05, 3.63) is 64.2 Å². The zero-order valence-corrected chi connectivity index (χ0v) is 15.5. The van der Waals surface area contributed by atoms with Gasteiger partial charge in [-0.2, -0.15) is 0 Å². The molecule has 0 spiro atoms. The van der Waals surface area contributed by atoms with Gasteiger partial charge in [0, 0.05) is 16.3 Å². The summed E-state index contributed by atoms with van der Waals surface area (Å²) < 4.78 is 0. The zero-order chi connectivity index (χ0) is 17.3. The van der Waals surface area contributed by atoms with Crippen molar-refractivity contribution < 1.29 is 4.79 Å². The molecule has 0 aliphatic carbocycles. The predicted octanol–water partition coefficient (Wildman–Crippen LogP) is 5.09. The van der Waals surface area contributed by atoms with Crippen LogP contribution in [0.4, 0.5) is 5.69 Å². The lowest BCUT2D eigenvalue weighted by Crippen LogP contribution is -2.34. The van der Waals surface area contributed by atoms with Crippen molar-refractivity contribution in [1.82, 2.24) is 0 Å². The Morgan fingerprint density at radius 1 is 1.17 bits per heavy atom. The second-order valence-corrected chi connectivity index (χ2v) is 7.41. The molecule has 0 bridgehead atoms. The number of carbonyl (C=O) groups excluding carboxylic acids is 1. The molecule has 0 saturated carbocycles. The number of halogens is 1. The molecule has 0 N–H and O–H groups in total. The Morgan fingerprint density at radius 3 is 2.46 bits per heavy atom. The number of anilines is 1. The summed E-state index contributed by atoms with van der Waals surface area (Å²) in [4.78, 5) is 19.5. The number of amidine groups is 1. The summed E-state index contributed by atoms with van der Waals surface area (Å²) in [7, 11) is 0. The molecule has 0 fully saturated rings. The zero-order valence-electron chi connectivity index (χ0n) is 13.9. The summed E-state index contributed by atoms with van der Waals surface area (Å²) in [6.07, 6.45) is 0. The molecule has 0 aromatic heterocycles. The SMILES string of the molecule is Cc1ccc(C(=O)N(C2=NC(C)CS2)c2ccc(Cl)cc2)cc1C. The summed E-state index contributed by atoms with van der Waals surface area (Å²) in [6, 6.07) is 13.3. The molecule has 2 aromatic rings. The minimum absolute atomic E-state index is 0.0687. The lowest BCUT2D eigenvalue weighted by molar-refractivity contribution is 0.100. The number of thioether (sulfide) groups is 1. The summed E-state index contributed by atoms with van der Waals surface area (Å²) >= 11 is 7.61. The predicted molar refractivity (Wildman–Crippen MR) is 104 cm³/mol. The second kappa shape index (κ2) is 6.99. The number of benzene rings is 2. The van der Waals surface area contributed by atoms with E-state index in [-0.39, 0.29) is 11.9 Å². The summed E-state index contributed by atoms with van der Waals surface area (Å²) in [6.45, 7) is 6.11. The van der Waals surface area contributed by atoms with Crippen LogP contribution in [-0.4, -0.2) is 22.9 Å². The Kier molecular flexibility index (Phi) is 4.97. The van der Waals surface area contributed by atoms with E-state index in [1.54, 1.807) is 28.8 Å². The number of carbonyl (C=O) groups is 1. The topological polar surface area (TPSA) is 32.7 Å². The standard InChI is InChI=1S/C19H19ClN2OS/c1-12-4-5-15(10-13(12)2)18(23)22(19-21-14(3)11-24-19)17-8-6-16(20)7-9-17/h4-10,14H,11H2,1-3H3. The van der Waals surface area contributed by atoms with E-state index in [0.29, 0.717) is 10.6 Å². The van der Waals surface area contributed by atoms with Crippen molar-refractivity contribution in [1.29, 1.82) is 0 Å². The summed E-state index contributed by atoms with van der Waals surface area (Å²) in [5.74, 6) is 0.820. The Labute approximate surface area is 151 Å². The molecular weight excluding hydrogens is 340 g/mol. The molecule has 1 unspecified atom stereocenters. The van der Waals surface area contributed by atoms with Crippen molar-refractivity contribution in [2.75, 3.05) is 10.7 Å². The third-order valence-corrected chi connectivity index (χ3v) is 5.46. The lowest BCUT2D eigenvalue weighted by Gasteiger charge is -2.22. The second-order valence-electron chi connectivity index (χ2n) is 5.99. The highest BCUT2D eigenvalue weighted by molar-refractivity contribution is 8.14. The average Bonchev–Trinajstić information content (AvgIpc) is 2.98. The molecule has 2 aromatic carbocycles. The monoisotopic (exact) mass is 358 g/mol. The van der Waals surface area contributed by atoms with Crippen LogP contribution >= 0.6 is 23.4 Å². The number of nitrogens with zero attached hydrogens (tertiary/aromatic N) is 2. The number of aryl methyl sites for hydroxylation is 2. The molecule has 0 saturated heterocycles. The van der Waals surface area contributed by atoms with Gasteiger partial charge in [0.1, 0.15) is 0 Å². The third-order valence-electron chi connectivity index (χ3n) is 4.02. The minimum atomic E-state index is -0.0687. The lowest BCUT2D eigenvalue weighted by atomic mass is 10.1. The molecule has 5 heteroatoms. The maximum atomic E-state index is 13.2. The van der Waals surface area contributed by atoms with Gasteiger partial charge < -0.3 is 0 Å². The first-order valence-corrected chi connectivity index (χ1v) is 9.20. The number of aliphatic imine (C=N–C) groups is 1. The number of hydrogen-bond donors (Lipinski definition) is 0. The Hall–Kier alpha value is -1.78. The Morgan fingerprint density at radius 2 is 1.88 bits per heavy atom. The van der Waals surface area contributed by atoms with Gasteiger partial charge in [0.05, 0.1) is 11.7 Å². The van der Waals surface area contributed by atoms with E-state index >= 15 is 0 Å². The van der Waals surface area contributed by atoms with E-state index in [1.165, 1.54) is 5.56 Å². The Balaban J connectivity index is 2.03. The van der Waals surface area contributed by atoms with Gasteiger partial charge in [-0.05, 0) is 68.3 Å². The molecule has 1 atom stereocenters.